The molecule has 0 radical (unpaired) electrons. The first kappa shape index (κ1) is 18.4. The number of aryl methyl sites for hydroxylation is 1. The highest BCUT2D eigenvalue weighted by Crippen LogP contribution is 2.48. The van der Waals surface area contributed by atoms with Crippen LogP contribution in [0.5, 0.6) is 0 Å². The highest BCUT2D eigenvalue weighted by atomic mass is 16.5. The zero-order valence-electron chi connectivity index (χ0n) is 15.6. The van der Waals surface area contributed by atoms with E-state index in [1.165, 1.54) is 12.8 Å². The number of nitrogens with zero attached hydrogens (tertiary/aromatic N) is 4. The summed E-state index contributed by atoms with van der Waals surface area (Å²) in [5.41, 5.74) is 0.864. The van der Waals surface area contributed by atoms with Gasteiger partial charge in [-0.15, -0.1) is 0 Å². The van der Waals surface area contributed by atoms with Gasteiger partial charge in [-0.3, -0.25) is 9.69 Å². The van der Waals surface area contributed by atoms with E-state index < -0.39 is 5.54 Å². The fraction of sp³-hybridized carbons (Fsp3) is 0.778. The zero-order chi connectivity index (χ0) is 18.1. The van der Waals surface area contributed by atoms with Crippen molar-refractivity contribution in [1.29, 1.82) is 0 Å². The molecular weight excluding hydrogens is 320 g/mol. The molecule has 1 N–H and O–H groups in total. The van der Waals surface area contributed by atoms with Crippen molar-refractivity contribution in [3.8, 4) is 0 Å². The van der Waals surface area contributed by atoms with Crippen LogP contribution in [-0.2, 0) is 23.1 Å². The van der Waals surface area contributed by atoms with Crippen molar-refractivity contribution in [3.05, 3.63) is 18.2 Å². The molecule has 140 valence electrons. The number of amides is 1. The van der Waals surface area contributed by atoms with E-state index in [0.29, 0.717) is 0 Å². The predicted octanol–water partition coefficient (Wildman–Crippen LogP) is 0.632. The van der Waals surface area contributed by atoms with Crippen LogP contribution in [0.2, 0.25) is 0 Å². The van der Waals surface area contributed by atoms with Crippen LogP contribution in [0.3, 0.4) is 0 Å². The molecule has 1 aromatic heterocycles. The van der Waals surface area contributed by atoms with Crippen molar-refractivity contribution in [2.24, 2.45) is 12.5 Å². The van der Waals surface area contributed by atoms with Gasteiger partial charge in [0.25, 0.3) is 0 Å². The number of rotatable bonds is 5. The van der Waals surface area contributed by atoms with E-state index in [4.69, 9.17) is 4.74 Å². The summed E-state index contributed by atoms with van der Waals surface area (Å²) < 4.78 is 7.09. The number of imidazole rings is 1. The number of hydrogen-bond acceptors (Lipinski definition) is 5. The molecule has 1 amide bonds. The Balaban J connectivity index is 1.64. The van der Waals surface area contributed by atoms with Gasteiger partial charge < -0.3 is 19.3 Å². The fourth-order valence-corrected chi connectivity index (χ4v) is 4.50. The van der Waals surface area contributed by atoms with E-state index in [9.17, 15) is 9.90 Å². The molecule has 0 bridgehead atoms. The highest BCUT2D eigenvalue weighted by molar-refractivity contribution is 5.78. The lowest BCUT2D eigenvalue weighted by Crippen LogP contribution is -2.49. The summed E-state index contributed by atoms with van der Waals surface area (Å²) in [6.07, 6.45) is 6.73. The van der Waals surface area contributed by atoms with Gasteiger partial charge >= 0.3 is 0 Å². The zero-order valence-corrected chi connectivity index (χ0v) is 15.6. The maximum atomic E-state index is 12.4. The van der Waals surface area contributed by atoms with Gasteiger partial charge in [0.2, 0.25) is 5.91 Å². The normalized spacial score (nSPS) is 26.5. The number of likely N-dealkylation sites (tertiary alicyclic amines) is 2. The van der Waals surface area contributed by atoms with Crippen molar-refractivity contribution in [1.82, 2.24) is 19.4 Å². The summed E-state index contributed by atoms with van der Waals surface area (Å²) in [5.74, 6) is -0.0201. The number of methoxy groups -OCH3 is 1. The third-order valence-electron chi connectivity index (χ3n) is 6.03. The minimum absolute atomic E-state index is 0.00291. The van der Waals surface area contributed by atoms with Gasteiger partial charge in [-0.25, -0.2) is 4.98 Å². The monoisotopic (exact) mass is 350 g/mol. The number of ether oxygens (including phenoxy) is 1. The third-order valence-corrected chi connectivity index (χ3v) is 6.03. The molecule has 7 heteroatoms. The minimum atomic E-state index is -0.472. The summed E-state index contributed by atoms with van der Waals surface area (Å²) in [5, 5.41) is 9.93. The second-order valence-corrected chi connectivity index (χ2v) is 8.02. The molecule has 2 fully saturated rings. The smallest absolute Gasteiger partial charge is 0.249 e. The molecule has 1 spiro atoms. The molecule has 0 saturated carbocycles. The number of aromatic nitrogens is 2. The second-order valence-electron chi connectivity index (χ2n) is 8.02. The van der Waals surface area contributed by atoms with Gasteiger partial charge in [0.05, 0.1) is 24.2 Å². The average Bonchev–Trinajstić information content (AvgIpc) is 3.12. The van der Waals surface area contributed by atoms with Crippen LogP contribution in [0.25, 0.3) is 0 Å². The van der Waals surface area contributed by atoms with Crippen LogP contribution in [0, 0.1) is 5.41 Å². The lowest BCUT2D eigenvalue weighted by atomic mass is 9.74. The van der Waals surface area contributed by atoms with Gasteiger partial charge in [0, 0.05) is 33.4 Å². The molecule has 25 heavy (non-hydrogen) atoms. The minimum Gasteiger partial charge on any atom is -0.394 e. The Bertz CT molecular complexity index is 609. The van der Waals surface area contributed by atoms with E-state index in [0.717, 1.165) is 45.4 Å². The van der Waals surface area contributed by atoms with Gasteiger partial charge in [0.15, 0.2) is 0 Å². The predicted molar refractivity (Wildman–Crippen MR) is 93.8 cm³/mol. The number of piperidine rings is 1. The first-order valence-electron chi connectivity index (χ1n) is 8.99. The lowest BCUT2D eigenvalue weighted by Gasteiger charge is -2.39. The van der Waals surface area contributed by atoms with Crippen molar-refractivity contribution in [2.75, 3.05) is 40.0 Å². The quantitative estimate of drug-likeness (QED) is 0.844. The van der Waals surface area contributed by atoms with Crippen LogP contribution in [0.1, 0.15) is 31.9 Å². The molecule has 7 nitrogen and oxygen atoms in total. The van der Waals surface area contributed by atoms with E-state index in [1.807, 2.05) is 31.4 Å². The molecule has 1 atom stereocenters. The van der Waals surface area contributed by atoms with E-state index in [-0.39, 0.29) is 24.5 Å². The van der Waals surface area contributed by atoms with E-state index in [1.54, 1.807) is 0 Å². The molecule has 2 saturated heterocycles. The van der Waals surface area contributed by atoms with Crippen LogP contribution in [0.4, 0.5) is 0 Å². The summed E-state index contributed by atoms with van der Waals surface area (Å²) in [6, 6.07) is 0. The molecule has 3 rings (SSSR count). The molecule has 2 aliphatic heterocycles. The van der Waals surface area contributed by atoms with E-state index >= 15 is 0 Å². The summed E-state index contributed by atoms with van der Waals surface area (Å²) in [4.78, 5) is 20.9. The van der Waals surface area contributed by atoms with Gasteiger partial charge in [-0.2, -0.15) is 0 Å². The highest BCUT2D eigenvalue weighted by Gasteiger charge is 2.52. The molecule has 1 aromatic rings. The molecule has 3 heterocycles. The summed E-state index contributed by atoms with van der Waals surface area (Å²) in [7, 11) is 3.56. The van der Waals surface area contributed by atoms with Crippen LogP contribution in [-0.4, -0.2) is 75.9 Å². The Morgan fingerprint density at radius 1 is 1.40 bits per heavy atom. The SMILES string of the molecule is COCC(=O)N1CC2(CCN(Cc3cncn3C)CC2)C[C@]1(C)CO. The third kappa shape index (κ3) is 3.59. The molecule has 0 unspecified atom stereocenters. The number of hydrogen-bond donors (Lipinski definition) is 1. The Morgan fingerprint density at radius 3 is 2.68 bits per heavy atom. The van der Waals surface area contributed by atoms with Crippen molar-refractivity contribution >= 4 is 5.91 Å². The Kier molecular flexibility index (Phi) is 5.18. The van der Waals surface area contributed by atoms with Gasteiger partial charge in [-0.05, 0) is 44.7 Å². The first-order chi connectivity index (χ1) is 11.9. The summed E-state index contributed by atoms with van der Waals surface area (Å²) in [6.45, 7) is 5.75. The molecular formula is C18H30N4O3. The number of aliphatic hydroxyl groups is 1. The number of aliphatic hydroxyl groups excluding tert-OH is 1. The Labute approximate surface area is 149 Å². The van der Waals surface area contributed by atoms with Gasteiger partial charge in [-0.1, -0.05) is 0 Å². The van der Waals surface area contributed by atoms with Crippen molar-refractivity contribution in [3.63, 3.8) is 0 Å². The van der Waals surface area contributed by atoms with Crippen molar-refractivity contribution in [2.45, 2.75) is 38.3 Å². The maximum Gasteiger partial charge on any atom is 0.249 e. The Morgan fingerprint density at radius 2 is 2.12 bits per heavy atom. The summed E-state index contributed by atoms with van der Waals surface area (Å²) >= 11 is 0. The van der Waals surface area contributed by atoms with E-state index in [2.05, 4.69) is 14.5 Å². The molecule has 0 aromatic carbocycles. The van der Waals surface area contributed by atoms with Crippen LogP contribution < -0.4 is 0 Å². The topological polar surface area (TPSA) is 70.8 Å². The first-order valence-corrected chi connectivity index (χ1v) is 8.99. The molecule has 0 aliphatic carbocycles. The largest absolute Gasteiger partial charge is 0.394 e. The van der Waals surface area contributed by atoms with Gasteiger partial charge in [0.1, 0.15) is 6.61 Å². The molecule has 2 aliphatic rings. The Hall–Kier alpha value is -1.44. The van der Waals surface area contributed by atoms with Crippen LogP contribution >= 0.6 is 0 Å². The van der Waals surface area contributed by atoms with Crippen LogP contribution in [0.15, 0.2) is 12.5 Å². The number of carbonyl (C=O) groups excluding carboxylic acids is 1. The van der Waals surface area contributed by atoms with Crippen molar-refractivity contribution < 1.29 is 14.6 Å². The maximum absolute atomic E-state index is 12.4. The number of carbonyl (C=O) groups is 1. The second kappa shape index (κ2) is 7.05. The average molecular weight is 350 g/mol. The standard InChI is InChI=1S/C18H30N4O3/c1-17(13-23)11-18(12-22(17)16(24)10-25-3)4-6-21(7-5-18)9-15-8-19-14-20(15)2/h8,14,23H,4-7,9-13H2,1-3H3/t17-/m1/s1. The lowest BCUT2D eigenvalue weighted by molar-refractivity contribution is -0.140. The fourth-order valence-electron chi connectivity index (χ4n) is 4.50.